The molecule has 0 N–H and O–H groups in total. The van der Waals surface area contributed by atoms with Crippen LogP contribution < -0.4 is 0 Å². The van der Waals surface area contributed by atoms with E-state index in [1.54, 1.807) is 6.07 Å². The first-order valence-electron chi connectivity index (χ1n) is 10.4. The van der Waals surface area contributed by atoms with Crippen LogP contribution in [0.5, 0.6) is 0 Å². The summed E-state index contributed by atoms with van der Waals surface area (Å²) >= 11 is 0. The number of benzene rings is 4. The second kappa shape index (κ2) is 7.42. The molecule has 0 unspecified atom stereocenters. The van der Waals surface area contributed by atoms with Gasteiger partial charge in [-0.3, -0.25) is 10.1 Å². The van der Waals surface area contributed by atoms with Gasteiger partial charge in [-0.2, -0.15) is 0 Å². The number of nitro groups is 1. The Morgan fingerprint density at radius 3 is 2.10 bits per heavy atom. The molecule has 0 radical (unpaired) electrons. The molecule has 0 amide bonds. The highest BCUT2D eigenvalue weighted by Gasteiger charge is 2.37. The minimum absolute atomic E-state index is 0.138. The molecular weight excluding hydrogens is 370 g/mol. The Kier molecular flexibility index (Phi) is 4.90. The molecule has 4 aromatic carbocycles. The van der Waals surface area contributed by atoms with E-state index in [1.807, 2.05) is 62.4 Å². The lowest BCUT2D eigenvalue weighted by atomic mass is 9.81. The van der Waals surface area contributed by atoms with Crippen LogP contribution in [0.15, 0.2) is 78.9 Å². The van der Waals surface area contributed by atoms with Gasteiger partial charge in [0.2, 0.25) is 0 Å². The van der Waals surface area contributed by atoms with Crippen molar-refractivity contribution in [1.29, 1.82) is 0 Å². The molecule has 0 saturated heterocycles. The Balaban J connectivity index is 0.00000106. The van der Waals surface area contributed by atoms with E-state index in [0.29, 0.717) is 5.56 Å². The van der Waals surface area contributed by atoms with E-state index in [1.165, 1.54) is 16.7 Å². The summed E-state index contributed by atoms with van der Waals surface area (Å²) in [6, 6.07) is 25.9. The Morgan fingerprint density at radius 1 is 0.700 bits per heavy atom. The van der Waals surface area contributed by atoms with E-state index in [9.17, 15) is 10.1 Å². The number of nitrogens with zero attached hydrogens (tertiary/aromatic N) is 1. The summed E-state index contributed by atoms with van der Waals surface area (Å²) in [5.74, 6) is 0. The summed E-state index contributed by atoms with van der Waals surface area (Å²) in [6.07, 6.45) is 0. The van der Waals surface area contributed by atoms with Crippen LogP contribution >= 0.6 is 0 Å². The van der Waals surface area contributed by atoms with E-state index in [0.717, 1.165) is 21.9 Å². The van der Waals surface area contributed by atoms with E-state index in [4.69, 9.17) is 0 Å². The van der Waals surface area contributed by atoms with Crippen molar-refractivity contribution in [3.63, 3.8) is 0 Å². The predicted molar refractivity (Wildman–Crippen MR) is 125 cm³/mol. The van der Waals surface area contributed by atoms with Gasteiger partial charge in [-0.15, -0.1) is 0 Å². The number of hydrogen-bond acceptors (Lipinski definition) is 2. The Bertz CT molecular complexity index is 1270. The van der Waals surface area contributed by atoms with Gasteiger partial charge in [-0.1, -0.05) is 94.4 Å². The summed E-state index contributed by atoms with van der Waals surface area (Å²) in [7, 11) is 0. The van der Waals surface area contributed by atoms with Crippen molar-refractivity contribution in [2.75, 3.05) is 0 Å². The number of fused-ring (bicyclic) bond motifs is 4. The van der Waals surface area contributed by atoms with Crippen LogP contribution in [-0.4, -0.2) is 4.92 Å². The van der Waals surface area contributed by atoms with Gasteiger partial charge in [0.25, 0.3) is 5.69 Å². The minimum atomic E-state index is -0.271. The maximum absolute atomic E-state index is 11.9. The zero-order valence-electron chi connectivity index (χ0n) is 17.8. The lowest BCUT2D eigenvalue weighted by molar-refractivity contribution is -0.384. The third kappa shape index (κ3) is 2.81. The zero-order chi connectivity index (χ0) is 21.5. The van der Waals surface area contributed by atoms with Gasteiger partial charge in [-0.25, -0.2) is 0 Å². The van der Waals surface area contributed by atoms with Crippen molar-refractivity contribution in [3.8, 4) is 22.3 Å². The first-order chi connectivity index (χ1) is 14.5. The monoisotopic (exact) mass is 395 g/mol. The third-order valence-corrected chi connectivity index (χ3v) is 5.98. The molecule has 30 heavy (non-hydrogen) atoms. The molecule has 0 atom stereocenters. The predicted octanol–water partition coefficient (Wildman–Crippen LogP) is 7.75. The van der Waals surface area contributed by atoms with Crippen LogP contribution in [0.1, 0.15) is 38.8 Å². The summed E-state index contributed by atoms with van der Waals surface area (Å²) in [6.45, 7) is 8.44. The largest absolute Gasteiger partial charge is 0.277 e. The van der Waals surface area contributed by atoms with Crippen LogP contribution in [0.2, 0.25) is 0 Å². The van der Waals surface area contributed by atoms with Crippen molar-refractivity contribution < 1.29 is 4.92 Å². The average molecular weight is 396 g/mol. The molecule has 0 aromatic heterocycles. The summed E-state index contributed by atoms with van der Waals surface area (Å²) in [5.41, 5.74) is 6.40. The highest BCUT2D eigenvalue weighted by atomic mass is 16.6. The molecule has 0 fully saturated rings. The number of hydrogen-bond donors (Lipinski definition) is 0. The fraction of sp³-hybridized carbons (Fsp3) is 0.185. The standard InChI is InChI=1S/C25H19NO2.C2H6/c1-25(2)20-12-6-5-10-18(20)23-19(11-7-13-21(23)25)24-17-9-4-3-8-16(17)14-15-22(24)26(27)28;1-2/h3-15H,1-2H3;1-2H3. The summed E-state index contributed by atoms with van der Waals surface area (Å²) < 4.78 is 0. The van der Waals surface area contributed by atoms with E-state index >= 15 is 0 Å². The maximum Gasteiger partial charge on any atom is 0.277 e. The molecule has 0 heterocycles. The maximum atomic E-state index is 11.9. The van der Waals surface area contributed by atoms with Gasteiger partial charge in [0.15, 0.2) is 0 Å². The fourth-order valence-corrected chi connectivity index (χ4v) is 4.66. The second-order valence-corrected chi connectivity index (χ2v) is 7.84. The topological polar surface area (TPSA) is 43.1 Å². The Hall–Kier alpha value is -3.46. The molecular formula is C27H25NO2. The van der Waals surface area contributed by atoms with Crippen LogP contribution in [0.4, 0.5) is 5.69 Å². The molecule has 1 aliphatic carbocycles. The molecule has 4 aromatic rings. The second-order valence-electron chi connectivity index (χ2n) is 7.84. The van der Waals surface area contributed by atoms with Gasteiger partial charge in [0.1, 0.15) is 0 Å². The van der Waals surface area contributed by atoms with Crippen molar-refractivity contribution in [3.05, 3.63) is 100 Å². The van der Waals surface area contributed by atoms with Crippen LogP contribution in [0.3, 0.4) is 0 Å². The quantitative estimate of drug-likeness (QED) is 0.257. The van der Waals surface area contributed by atoms with Crippen molar-refractivity contribution in [2.45, 2.75) is 33.1 Å². The van der Waals surface area contributed by atoms with Crippen molar-refractivity contribution >= 4 is 16.5 Å². The van der Waals surface area contributed by atoms with Gasteiger partial charge in [-0.05, 0) is 44.7 Å². The van der Waals surface area contributed by atoms with Gasteiger partial charge < -0.3 is 0 Å². The van der Waals surface area contributed by atoms with E-state index in [2.05, 4.69) is 38.1 Å². The normalized spacial score (nSPS) is 13.2. The Morgan fingerprint density at radius 2 is 1.33 bits per heavy atom. The van der Waals surface area contributed by atoms with Crippen LogP contribution in [-0.2, 0) is 5.41 Å². The lowest BCUT2D eigenvalue weighted by Gasteiger charge is -2.21. The highest BCUT2D eigenvalue weighted by molar-refractivity contribution is 6.06. The highest BCUT2D eigenvalue weighted by Crippen LogP contribution is 2.53. The van der Waals surface area contributed by atoms with Crippen LogP contribution in [0, 0.1) is 10.1 Å². The van der Waals surface area contributed by atoms with Gasteiger partial charge in [0, 0.05) is 11.5 Å². The first-order valence-corrected chi connectivity index (χ1v) is 10.4. The third-order valence-electron chi connectivity index (χ3n) is 5.98. The molecule has 3 nitrogen and oxygen atoms in total. The number of nitro benzene ring substituents is 1. The molecule has 3 heteroatoms. The molecule has 0 spiro atoms. The zero-order valence-corrected chi connectivity index (χ0v) is 17.8. The van der Waals surface area contributed by atoms with Crippen molar-refractivity contribution in [2.24, 2.45) is 0 Å². The van der Waals surface area contributed by atoms with Crippen molar-refractivity contribution in [1.82, 2.24) is 0 Å². The first kappa shape index (κ1) is 19.8. The minimum Gasteiger partial charge on any atom is -0.258 e. The molecule has 0 bridgehead atoms. The average Bonchev–Trinajstić information content (AvgIpc) is 3.02. The molecule has 0 saturated carbocycles. The van der Waals surface area contributed by atoms with Crippen LogP contribution in [0.25, 0.3) is 33.0 Å². The van der Waals surface area contributed by atoms with Gasteiger partial charge >= 0.3 is 0 Å². The summed E-state index contributed by atoms with van der Waals surface area (Å²) in [4.78, 5) is 11.6. The lowest BCUT2D eigenvalue weighted by Crippen LogP contribution is -2.14. The number of rotatable bonds is 2. The summed E-state index contributed by atoms with van der Waals surface area (Å²) in [5, 5.41) is 13.8. The smallest absolute Gasteiger partial charge is 0.258 e. The van der Waals surface area contributed by atoms with E-state index in [-0.39, 0.29) is 16.0 Å². The van der Waals surface area contributed by atoms with Gasteiger partial charge in [0.05, 0.1) is 10.5 Å². The molecule has 1 aliphatic rings. The molecule has 0 aliphatic heterocycles. The molecule has 150 valence electrons. The molecule has 5 rings (SSSR count). The SMILES string of the molecule is CC.CC1(C)c2ccccc2-c2c(-c3c([N+](=O)[O-])ccc4ccccc34)cccc21. The van der Waals surface area contributed by atoms with E-state index < -0.39 is 0 Å². The Labute approximate surface area is 177 Å². The fourth-order valence-electron chi connectivity index (χ4n) is 4.66.